The Morgan fingerprint density at radius 1 is 1.00 bits per heavy atom. The number of pyridine rings is 1. The molecule has 1 aromatic heterocycles. The summed E-state index contributed by atoms with van der Waals surface area (Å²) in [5.74, 6) is 2.48. The fourth-order valence-electron chi connectivity index (χ4n) is 6.31. The number of hydrogen-bond donors (Lipinski definition) is 2. The third-order valence-electron chi connectivity index (χ3n) is 7.11. The number of anilines is 1. The highest BCUT2D eigenvalue weighted by molar-refractivity contribution is 5.98. The topological polar surface area (TPSA) is 63.2 Å². The van der Waals surface area contributed by atoms with E-state index in [-0.39, 0.29) is 5.91 Å². The van der Waals surface area contributed by atoms with Gasteiger partial charge in [-0.1, -0.05) is 12.1 Å². The second kappa shape index (κ2) is 7.79. The van der Waals surface area contributed by atoms with Gasteiger partial charge < -0.3 is 5.32 Å². The second-order valence-electron chi connectivity index (χ2n) is 9.39. The lowest BCUT2D eigenvalue weighted by Crippen LogP contribution is -2.49. The molecule has 152 valence electrons. The molecule has 6 rings (SSSR count). The summed E-state index contributed by atoms with van der Waals surface area (Å²) in [5, 5.41) is 3.35. The Kier molecular flexibility index (Phi) is 5.00. The van der Waals surface area contributed by atoms with Gasteiger partial charge in [0.15, 0.2) is 0 Å². The van der Waals surface area contributed by atoms with Gasteiger partial charge in [-0.15, -0.1) is 0 Å². The molecule has 4 aliphatic carbocycles. The van der Waals surface area contributed by atoms with Gasteiger partial charge in [-0.3, -0.25) is 14.6 Å². The average molecular weight is 392 g/mol. The largest absolute Gasteiger partial charge is 0.380 e. The molecule has 1 amide bonds. The van der Waals surface area contributed by atoms with Gasteiger partial charge in [0, 0.05) is 24.6 Å². The molecule has 0 saturated heterocycles. The molecule has 0 atom stereocenters. The molecule has 2 N–H and O–H groups in total. The number of amides is 1. The normalized spacial score (nSPS) is 29.6. The molecule has 0 unspecified atom stereocenters. The molecule has 0 spiro atoms. The number of aromatic nitrogens is 1. The van der Waals surface area contributed by atoms with Crippen LogP contribution < -0.4 is 10.8 Å². The van der Waals surface area contributed by atoms with E-state index in [1.807, 2.05) is 36.4 Å². The van der Waals surface area contributed by atoms with E-state index in [2.05, 4.69) is 15.8 Å². The zero-order valence-electron chi connectivity index (χ0n) is 16.8. The summed E-state index contributed by atoms with van der Waals surface area (Å²) in [6.45, 7) is 1.29. The molecule has 0 aliphatic heterocycles. The molecule has 4 saturated carbocycles. The molecule has 1 aromatic carbocycles. The Balaban J connectivity index is 1.18. The van der Waals surface area contributed by atoms with Crippen molar-refractivity contribution in [2.24, 2.45) is 23.2 Å². The third kappa shape index (κ3) is 4.01. The van der Waals surface area contributed by atoms with E-state index in [1.165, 1.54) is 38.5 Å². The first-order valence-corrected chi connectivity index (χ1v) is 10.8. The monoisotopic (exact) mass is 391 g/mol. The molecule has 5 heteroatoms. The summed E-state index contributed by atoms with van der Waals surface area (Å²) in [6.07, 6.45) is 11.6. The highest BCUT2D eigenvalue weighted by Crippen LogP contribution is 2.59. The van der Waals surface area contributed by atoms with Crippen molar-refractivity contribution in [3.63, 3.8) is 0 Å². The Bertz CT molecular complexity index is 832. The van der Waals surface area contributed by atoms with Crippen LogP contribution in [0.4, 0.5) is 5.69 Å². The molecule has 5 nitrogen and oxygen atoms in total. The maximum atomic E-state index is 12.8. The molecule has 2 aromatic rings. The number of rotatable bonds is 7. The van der Waals surface area contributed by atoms with Gasteiger partial charge in [-0.25, -0.2) is 5.48 Å². The van der Waals surface area contributed by atoms with Crippen LogP contribution in [0.25, 0.3) is 0 Å². The van der Waals surface area contributed by atoms with Crippen molar-refractivity contribution in [2.75, 3.05) is 11.9 Å². The van der Waals surface area contributed by atoms with Crippen LogP contribution in [0.1, 0.15) is 54.4 Å². The average Bonchev–Trinajstić information content (AvgIpc) is 2.72. The molecular weight excluding hydrogens is 362 g/mol. The summed E-state index contributed by atoms with van der Waals surface area (Å²) >= 11 is 0. The highest BCUT2D eigenvalue weighted by Gasteiger charge is 2.51. The number of hydrogen-bond acceptors (Lipinski definition) is 4. The Morgan fingerprint density at radius 2 is 1.66 bits per heavy atom. The van der Waals surface area contributed by atoms with Gasteiger partial charge in [0.2, 0.25) is 0 Å². The molecule has 1 heterocycles. The standard InChI is InChI=1S/C24H29N3O2/c28-23(21-3-1-2-4-22(21)26-15-17-5-7-25-8-6-17)27-29-16-24-12-18-9-19(13-24)11-20(10-18)14-24/h1-8,18-20,26H,9-16H2,(H,27,28). The quantitative estimate of drug-likeness (QED) is 0.679. The zero-order chi connectivity index (χ0) is 19.7. The van der Waals surface area contributed by atoms with Crippen LogP contribution in [0.2, 0.25) is 0 Å². The van der Waals surface area contributed by atoms with Gasteiger partial charge in [-0.05, 0) is 91.5 Å². The number of carbonyl (C=O) groups is 1. The Labute approximate surface area is 172 Å². The summed E-state index contributed by atoms with van der Waals surface area (Å²) in [7, 11) is 0. The molecule has 4 bridgehead atoms. The van der Waals surface area contributed by atoms with Gasteiger partial charge >= 0.3 is 0 Å². The van der Waals surface area contributed by atoms with E-state index in [1.54, 1.807) is 12.4 Å². The summed E-state index contributed by atoms with van der Waals surface area (Å²) < 4.78 is 0. The van der Waals surface area contributed by atoms with E-state index in [9.17, 15) is 4.79 Å². The lowest BCUT2D eigenvalue weighted by atomic mass is 9.50. The summed E-state index contributed by atoms with van der Waals surface area (Å²) in [5.41, 5.74) is 5.54. The van der Waals surface area contributed by atoms with Gasteiger partial charge in [0.05, 0.1) is 12.2 Å². The number of hydroxylamine groups is 1. The predicted molar refractivity (Wildman–Crippen MR) is 112 cm³/mol. The van der Waals surface area contributed by atoms with Gasteiger partial charge in [0.1, 0.15) is 0 Å². The maximum absolute atomic E-state index is 12.8. The van der Waals surface area contributed by atoms with Crippen LogP contribution in [0, 0.1) is 23.2 Å². The number of nitrogens with zero attached hydrogens (tertiary/aromatic N) is 1. The Morgan fingerprint density at radius 3 is 2.34 bits per heavy atom. The number of benzene rings is 1. The molecule has 29 heavy (non-hydrogen) atoms. The second-order valence-corrected chi connectivity index (χ2v) is 9.39. The van der Waals surface area contributed by atoms with Crippen molar-refractivity contribution in [1.82, 2.24) is 10.5 Å². The van der Waals surface area contributed by atoms with Gasteiger partial charge in [0.25, 0.3) is 5.91 Å². The first-order chi connectivity index (χ1) is 14.2. The van der Waals surface area contributed by atoms with Crippen LogP contribution in [0.3, 0.4) is 0 Å². The number of carbonyl (C=O) groups excluding carboxylic acids is 1. The molecule has 4 aliphatic rings. The van der Waals surface area contributed by atoms with Crippen molar-refractivity contribution in [1.29, 1.82) is 0 Å². The minimum atomic E-state index is -0.187. The van der Waals surface area contributed by atoms with Crippen LogP contribution in [0.5, 0.6) is 0 Å². The first kappa shape index (κ1) is 18.6. The minimum Gasteiger partial charge on any atom is -0.380 e. The fourth-order valence-corrected chi connectivity index (χ4v) is 6.31. The van der Waals surface area contributed by atoms with Crippen LogP contribution in [-0.2, 0) is 11.4 Å². The maximum Gasteiger partial charge on any atom is 0.276 e. The van der Waals surface area contributed by atoms with Gasteiger partial charge in [-0.2, -0.15) is 0 Å². The number of para-hydroxylation sites is 1. The number of nitrogens with one attached hydrogen (secondary N) is 2. The van der Waals surface area contributed by atoms with Crippen LogP contribution in [-0.4, -0.2) is 17.5 Å². The van der Waals surface area contributed by atoms with E-state index < -0.39 is 0 Å². The highest BCUT2D eigenvalue weighted by atomic mass is 16.7. The van der Waals surface area contributed by atoms with Crippen LogP contribution >= 0.6 is 0 Å². The smallest absolute Gasteiger partial charge is 0.276 e. The van der Waals surface area contributed by atoms with E-state index in [4.69, 9.17) is 4.84 Å². The minimum absolute atomic E-state index is 0.187. The lowest BCUT2D eigenvalue weighted by molar-refractivity contribution is -0.110. The van der Waals surface area contributed by atoms with E-state index in [0.717, 1.165) is 29.0 Å². The Hall–Kier alpha value is -2.40. The SMILES string of the molecule is O=C(NOCC12CC3CC(CC(C3)C1)C2)c1ccccc1NCc1ccncc1. The molecule has 0 radical (unpaired) electrons. The van der Waals surface area contributed by atoms with Crippen molar-refractivity contribution in [3.8, 4) is 0 Å². The van der Waals surface area contributed by atoms with E-state index >= 15 is 0 Å². The summed E-state index contributed by atoms with van der Waals surface area (Å²) in [4.78, 5) is 22.6. The predicted octanol–water partition coefficient (Wildman–Crippen LogP) is 4.57. The zero-order valence-corrected chi connectivity index (χ0v) is 16.8. The van der Waals surface area contributed by atoms with Crippen LogP contribution in [0.15, 0.2) is 48.8 Å². The van der Waals surface area contributed by atoms with Crippen molar-refractivity contribution >= 4 is 11.6 Å². The molecule has 4 fully saturated rings. The van der Waals surface area contributed by atoms with Crippen molar-refractivity contribution in [3.05, 3.63) is 59.9 Å². The third-order valence-corrected chi connectivity index (χ3v) is 7.11. The summed E-state index contributed by atoms with van der Waals surface area (Å²) in [6, 6.07) is 11.5. The lowest BCUT2D eigenvalue weighted by Gasteiger charge is -2.56. The first-order valence-electron chi connectivity index (χ1n) is 10.8. The fraction of sp³-hybridized carbons (Fsp3) is 0.500. The molecular formula is C24H29N3O2. The van der Waals surface area contributed by atoms with Crippen molar-refractivity contribution in [2.45, 2.75) is 45.1 Å². The van der Waals surface area contributed by atoms with E-state index in [0.29, 0.717) is 24.1 Å². The van der Waals surface area contributed by atoms with Crippen molar-refractivity contribution < 1.29 is 9.63 Å².